The first-order valence-electron chi connectivity index (χ1n) is 4.94. The quantitative estimate of drug-likeness (QED) is 0.802. The number of carbonyl (C=O) groups is 1. The Hall–Kier alpha value is -0.580. The summed E-state index contributed by atoms with van der Waals surface area (Å²) >= 11 is 11.6. The van der Waals surface area contributed by atoms with Gasteiger partial charge in [0.05, 0.1) is 10.3 Å². The second-order valence-corrected chi connectivity index (χ2v) is 7.30. The van der Waals surface area contributed by atoms with E-state index in [2.05, 4.69) is 0 Å². The molecule has 17 heavy (non-hydrogen) atoms. The highest BCUT2D eigenvalue weighted by molar-refractivity contribution is 7.92. The average molecular weight is 295 g/mol. The molecule has 94 valence electrons. The van der Waals surface area contributed by atoms with E-state index >= 15 is 0 Å². The van der Waals surface area contributed by atoms with Gasteiger partial charge in [0.2, 0.25) is 0 Å². The van der Waals surface area contributed by atoms with Gasteiger partial charge in [-0.2, -0.15) is 0 Å². The molecule has 0 aromatic heterocycles. The van der Waals surface area contributed by atoms with Gasteiger partial charge in [0.1, 0.15) is 5.75 Å². The SMILES string of the molecule is CC(C)S(=O)(=O)CC(=O)c1cc(Cl)ccc1Cl. The van der Waals surface area contributed by atoms with Gasteiger partial charge in [-0.25, -0.2) is 8.42 Å². The lowest BCUT2D eigenvalue weighted by atomic mass is 10.1. The molecule has 0 aliphatic rings. The van der Waals surface area contributed by atoms with Crippen molar-refractivity contribution in [2.45, 2.75) is 19.1 Å². The Morgan fingerprint density at radius 2 is 1.88 bits per heavy atom. The predicted octanol–water partition coefficient (Wildman–Crippen LogP) is 3.00. The third-order valence-electron chi connectivity index (χ3n) is 2.28. The molecule has 0 aliphatic carbocycles. The summed E-state index contributed by atoms with van der Waals surface area (Å²) in [6.07, 6.45) is 0. The number of sulfone groups is 1. The van der Waals surface area contributed by atoms with Crippen LogP contribution in [0.1, 0.15) is 24.2 Å². The molecule has 0 unspecified atom stereocenters. The van der Waals surface area contributed by atoms with E-state index in [1.807, 2.05) is 0 Å². The molecule has 1 rings (SSSR count). The van der Waals surface area contributed by atoms with Crippen molar-refractivity contribution >= 4 is 38.8 Å². The monoisotopic (exact) mass is 294 g/mol. The number of hydrogen-bond donors (Lipinski definition) is 0. The van der Waals surface area contributed by atoms with Gasteiger partial charge < -0.3 is 0 Å². The molecule has 0 bridgehead atoms. The molecule has 0 aliphatic heterocycles. The standard InChI is InChI=1S/C11H12Cl2O3S/c1-7(2)17(15,16)6-11(14)9-5-8(12)3-4-10(9)13/h3-5,7H,6H2,1-2H3. The van der Waals surface area contributed by atoms with Crippen molar-refractivity contribution in [3.05, 3.63) is 33.8 Å². The van der Waals surface area contributed by atoms with Gasteiger partial charge in [-0.05, 0) is 32.0 Å². The highest BCUT2D eigenvalue weighted by Gasteiger charge is 2.23. The van der Waals surface area contributed by atoms with Gasteiger partial charge in [0.15, 0.2) is 15.6 Å². The summed E-state index contributed by atoms with van der Waals surface area (Å²) in [6.45, 7) is 3.06. The van der Waals surface area contributed by atoms with Gasteiger partial charge in [0.25, 0.3) is 0 Å². The Morgan fingerprint density at radius 1 is 1.29 bits per heavy atom. The van der Waals surface area contributed by atoms with Crippen molar-refractivity contribution in [2.75, 3.05) is 5.75 Å². The summed E-state index contributed by atoms with van der Waals surface area (Å²) in [6, 6.07) is 4.39. The average Bonchev–Trinajstić information content (AvgIpc) is 2.20. The molecule has 0 saturated heterocycles. The summed E-state index contributed by atoms with van der Waals surface area (Å²) < 4.78 is 23.2. The normalized spacial score (nSPS) is 11.8. The molecular weight excluding hydrogens is 283 g/mol. The Labute approximate surface area is 111 Å². The third-order valence-corrected chi connectivity index (χ3v) is 4.95. The van der Waals surface area contributed by atoms with E-state index in [4.69, 9.17) is 23.2 Å². The maximum absolute atomic E-state index is 11.8. The zero-order valence-corrected chi connectivity index (χ0v) is 11.7. The number of halogens is 2. The van der Waals surface area contributed by atoms with Crippen molar-refractivity contribution in [2.24, 2.45) is 0 Å². The largest absolute Gasteiger partial charge is 0.293 e. The summed E-state index contributed by atoms with van der Waals surface area (Å²) in [7, 11) is -3.43. The first kappa shape index (κ1) is 14.5. The first-order valence-corrected chi connectivity index (χ1v) is 7.41. The van der Waals surface area contributed by atoms with Crippen LogP contribution in [0.5, 0.6) is 0 Å². The van der Waals surface area contributed by atoms with Gasteiger partial charge >= 0.3 is 0 Å². The van der Waals surface area contributed by atoms with Crippen LogP contribution in [-0.4, -0.2) is 25.2 Å². The smallest absolute Gasteiger partial charge is 0.179 e. The van der Waals surface area contributed by atoms with Crippen molar-refractivity contribution < 1.29 is 13.2 Å². The maximum atomic E-state index is 11.8. The number of Topliss-reactive ketones (excluding diaryl/α,β-unsaturated/α-hetero) is 1. The molecule has 0 radical (unpaired) electrons. The minimum absolute atomic E-state index is 0.142. The zero-order valence-electron chi connectivity index (χ0n) is 9.41. The van der Waals surface area contributed by atoms with Crippen LogP contribution in [0.3, 0.4) is 0 Å². The maximum Gasteiger partial charge on any atom is 0.179 e. The second kappa shape index (κ2) is 5.38. The van der Waals surface area contributed by atoms with Gasteiger partial charge in [-0.15, -0.1) is 0 Å². The second-order valence-electron chi connectivity index (χ2n) is 3.90. The molecule has 1 aromatic carbocycles. The highest BCUT2D eigenvalue weighted by atomic mass is 35.5. The van der Waals surface area contributed by atoms with Crippen LogP contribution in [0.2, 0.25) is 10.0 Å². The van der Waals surface area contributed by atoms with E-state index in [1.165, 1.54) is 32.0 Å². The summed E-state index contributed by atoms with van der Waals surface area (Å²) in [4.78, 5) is 11.8. The number of carbonyl (C=O) groups excluding carboxylic acids is 1. The van der Waals surface area contributed by atoms with E-state index in [0.29, 0.717) is 5.02 Å². The Bertz CT molecular complexity index is 536. The summed E-state index contributed by atoms with van der Waals surface area (Å²) in [5.74, 6) is -1.09. The molecule has 0 saturated carbocycles. The van der Waals surface area contributed by atoms with Gasteiger partial charge in [0, 0.05) is 10.6 Å². The van der Waals surface area contributed by atoms with Crippen LogP contribution < -0.4 is 0 Å². The molecule has 1 aromatic rings. The third kappa shape index (κ3) is 3.69. The first-order chi connectivity index (χ1) is 7.74. The topological polar surface area (TPSA) is 51.2 Å². The fourth-order valence-corrected chi connectivity index (χ4v) is 2.39. The van der Waals surface area contributed by atoms with Crippen molar-refractivity contribution in [3.63, 3.8) is 0 Å². The highest BCUT2D eigenvalue weighted by Crippen LogP contribution is 2.21. The Morgan fingerprint density at radius 3 is 2.41 bits per heavy atom. The van der Waals surface area contributed by atoms with Crippen LogP contribution in [0.15, 0.2) is 18.2 Å². The minimum Gasteiger partial charge on any atom is -0.293 e. The van der Waals surface area contributed by atoms with Gasteiger partial charge in [-0.1, -0.05) is 23.2 Å². The van der Waals surface area contributed by atoms with Gasteiger partial charge in [-0.3, -0.25) is 4.79 Å². The Kier molecular flexibility index (Phi) is 4.58. The van der Waals surface area contributed by atoms with Crippen LogP contribution >= 0.6 is 23.2 Å². The van der Waals surface area contributed by atoms with E-state index in [0.717, 1.165) is 0 Å². The van der Waals surface area contributed by atoms with E-state index < -0.39 is 26.6 Å². The molecule has 0 atom stereocenters. The van der Waals surface area contributed by atoms with E-state index in [1.54, 1.807) is 0 Å². The zero-order chi connectivity index (χ0) is 13.2. The lowest BCUT2D eigenvalue weighted by Gasteiger charge is -2.08. The van der Waals surface area contributed by atoms with Crippen molar-refractivity contribution in [1.29, 1.82) is 0 Å². The lowest BCUT2D eigenvalue weighted by molar-refractivity contribution is 0.102. The van der Waals surface area contributed by atoms with E-state index in [-0.39, 0.29) is 10.6 Å². The number of ketones is 1. The van der Waals surface area contributed by atoms with E-state index in [9.17, 15) is 13.2 Å². The Balaban J connectivity index is 3.03. The van der Waals surface area contributed by atoms with Crippen LogP contribution in [0, 0.1) is 0 Å². The number of benzene rings is 1. The molecular formula is C11H12Cl2O3S. The summed E-state index contributed by atoms with van der Waals surface area (Å²) in [5.41, 5.74) is 0.142. The lowest BCUT2D eigenvalue weighted by Crippen LogP contribution is -2.23. The molecule has 0 N–H and O–H groups in total. The molecule has 0 spiro atoms. The van der Waals surface area contributed by atoms with Crippen molar-refractivity contribution in [3.8, 4) is 0 Å². The van der Waals surface area contributed by atoms with Crippen LogP contribution in [0.25, 0.3) is 0 Å². The molecule has 0 amide bonds. The number of rotatable bonds is 4. The molecule has 6 heteroatoms. The molecule has 3 nitrogen and oxygen atoms in total. The molecule has 0 fully saturated rings. The summed E-state index contributed by atoms with van der Waals surface area (Å²) in [5, 5.41) is -0.0394. The van der Waals surface area contributed by atoms with Crippen molar-refractivity contribution in [1.82, 2.24) is 0 Å². The fourth-order valence-electron chi connectivity index (χ4n) is 1.14. The van der Waals surface area contributed by atoms with Crippen LogP contribution in [-0.2, 0) is 9.84 Å². The fraction of sp³-hybridized carbons (Fsp3) is 0.364. The predicted molar refractivity (Wildman–Crippen MR) is 69.7 cm³/mol. The van der Waals surface area contributed by atoms with Crippen LogP contribution in [0.4, 0.5) is 0 Å². The number of hydrogen-bond acceptors (Lipinski definition) is 3. The minimum atomic E-state index is -3.43. The molecule has 0 heterocycles.